The first-order valence-corrected chi connectivity index (χ1v) is 5.47. The van der Waals surface area contributed by atoms with Gasteiger partial charge in [-0.1, -0.05) is 18.2 Å². The molecule has 0 aliphatic carbocycles. The number of aliphatic hydroxyl groups is 1. The van der Waals surface area contributed by atoms with E-state index in [4.69, 9.17) is 5.11 Å². The Labute approximate surface area is 94.7 Å². The normalized spacial score (nSPS) is 19.8. The molecular formula is C12H16N2O2. The summed E-state index contributed by atoms with van der Waals surface area (Å²) in [4.78, 5) is 11.7. The maximum atomic E-state index is 11.7. The Morgan fingerprint density at radius 1 is 1.62 bits per heavy atom. The van der Waals surface area contributed by atoms with Crippen molar-refractivity contribution in [3.05, 3.63) is 29.8 Å². The topological polar surface area (TPSA) is 61.4 Å². The summed E-state index contributed by atoms with van der Waals surface area (Å²) in [7, 11) is 0. The van der Waals surface area contributed by atoms with Crippen LogP contribution in [0.2, 0.25) is 0 Å². The average Bonchev–Trinajstić information content (AvgIpc) is 2.69. The number of aliphatic hydroxyl groups excluding tert-OH is 1. The molecule has 2 atom stereocenters. The van der Waals surface area contributed by atoms with Crippen LogP contribution in [-0.2, 0) is 11.2 Å². The fourth-order valence-electron chi connectivity index (χ4n) is 1.83. The molecule has 0 bridgehead atoms. The molecule has 1 unspecified atom stereocenters. The highest BCUT2D eigenvalue weighted by Gasteiger charge is 2.25. The highest BCUT2D eigenvalue weighted by atomic mass is 16.3. The van der Waals surface area contributed by atoms with Crippen molar-refractivity contribution >= 4 is 11.6 Å². The number of carbonyl (C=O) groups excluding carboxylic acids is 1. The minimum absolute atomic E-state index is 0.0582. The maximum absolute atomic E-state index is 11.7. The van der Waals surface area contributed by atoms with Gasteiger partial charge >= 0.3 is 0 Å². The molecule has 4 heteroatoms. The summed E-state index contributed by atoms with van der Waals surface area (Å²) >= 11 is 0. The summed E-state index contributed by atoms with van der Waals surface area (Å²) in [6, 6.07) is 7.69. The van der Waals surface area contributed by atoms with E-state index in [1.807, 2.05) is 24.3 Å². The fraction of sp³-hybridized carbons (Fsp3) is 0.417. The van der Waals surface area contributed by atoms with Gasteiger partial charge in [-0.15, -0.1) is 0 Å². The van der Waals surface area contributed by atoms with Gasteiger partial charge in [-0.2, -0.15) is 0 Å². The quantitative estimate of drug-likeness (QED) is 0.696. The van der Waals surface area contributed by atoms with Crippen LogP contribution in [0.25, 0.3) is 0 Å². The van der Waals surface area contributed by atoms with Gasteiger partial charge in [0.2, 0.25) is 5.91 Å². The Balaban J connectivity index is 1.93. The number of carbonyl (C=O) groups is 1. The first-order chi connectivity index (χ1) is 7.66. The molecule has 4 nitrogen and oxygen atoms in total. The molecule has 0 radical (unpaired) electrons. The molecule has 3 N–H and O–H groups in total. The monoisotopic (exact) mass is 220 g/mol. The van der Waals surface area contributed by atoms with E-state index in [-0.39, 0.29) is 11.9 Å². The van der Waals surface area contributed by atoms with E-state index in [9.17, 15) is 4.79 Å². The largest absolute Gasteiger partial charge is 0.392 e. The highest BCUT2D eigenvalue weighted by molar-refractivity contribution is 5.87. The molecule has 1 aromatic carbocycles. The molecule has 2 rings (SSSR count). The van der Waals surface area contributed by atoms with E-state index in [1.54, 1.807) is 6.92 Å². The molecule has 1 aliphatic heterocycles. The van der Waals surface area contributed by atoms with E-state index >= 15 is 0 Å². The van der Waals surface area contributed by atoms with Crippen LogP contribution in [0.1, 0.15) is 12.5 Å². The van der Waals surface area contributed by atoms with Gasteiger partial charge < -0.3 is 15.7 Å². The van der Waals surface area contributed by atoms with Crippen molar-refractivity contribution in [2.24, 2.45) is 0 Å². The van der Waals surface area contributed by atoms with Gasteiger partial charge in [-0.3, -0.25) is 4.79 Å². The molecule has 0 saturated carbocycles. The van der Waals surface area contributed by atoms with Gasteiger partial charge in [0.25, 0.3) is 0 Å². The number of rotatable bonds is 3. The minimum Gasteiger partial charge on any atom is -0.392 e. The lowest BCUT2D eigenvalue weighted by molar-refractivity contribution is -0.122. The van der Waals surface area contributed by atoms with Crippen LogP contribution < -0.4 is 10.6 Å². The lowest BCUT2D eigenvalue weighted by Gasteiger charge is -2.12. The van der Waals surface area contributed by atoms with E-state index in [0.717, 1.165) is 5.69 Å². The highest BCUT2D eigenvalue weighted by Crippen LogP contribution is 2.24. The van der Waals surface area contributed by atoms with Gasteiger partial charge in [0, 0.05) is 18.7 Å². The van der Waals surface area contributed by atoms with Crippen molar-refractivity contribution in [3.8, 4) is 0 Å². The molecule has 1 amide bonds. The standard InChI is InChI=1S/C12H16N2O2/c1-8(15)7-13-12(16)11-6-9-4-2-3-5-10(9)14-11/h2-5,8,11,14-15H,6-7H2,1H3,(H,13,16)/t8-,11?/m0/s1. The SMILES string of the molecule is C[C@H](O)CNC(=O)C1Cc2ccccc2N1. The van der Waals surface area contributed by atoms with Crippen LogP contribution in [0.15, 0.2) is 24.3 Å². The van der Waals surface area contributed by atoms with Crippen LogP contribution in [0.3, 0.4) is 0 Å². The predicted octanol–water partition coefficient (Wildman–Crippen LogP) is 0.520. The first-order valence-electron chi connectivity index (χ1n) is 5.47. The second kappa shape index (κ2) is 4.53. The molecule has 16 heavy (non-hydrogen) atoms. The van der Waals surface area contributed by atoms with Crippen molar-refractivity contribution in [2.45, 2.75) is 25.5 Å². The summed E-state index contributed by atoms with van der Waals surface area (Å²) in [5.41, 5.74) is 2.19. The zero-order valence-electron chi connectivity index (χ0n) is 9.23. The number of hydrogen-bond donors (Lipinski definition) is 3. The zero-order chi connectivity index (χ0) is 11.5. The number of benzene rings is 1. The van der Waals surface area contributed by atoms with Crippen LogP contribution in [0.5, 0.6) is 0 Å². The van der Waals surface area contributed by atoms with Gasteiger partial charge in [-0.25, -0.2) is 0 Å². The predicted molar refractivity (Wildman–Crippen MR) is 62.2 cm³/mol. The van der Waals surface area contributed by atoms with Crippen molar-refractivity contribution in [3.63, 3.8) is 0 Å². The maximum Gasteiger partial charge on any atom is 0.242 e. The van der Waals surface area contributed by atoms with Crippen LogP contribution in [-0.4, -0.2) is 29.7 Å². The molecule has 1 aromatic rings. The summed E-state index contributed by atoms with van der Waals surface area (Å²) < 4.78 is 0. The Bertz CT molecular complexity index is 365. The van der Waals surface area contributed by atoms with E-state index in [2.05, 4.69) is 10.6 Å². The molecule has 0 fully saturated rings. The Morgan fingerprint density at radius 3 is 3.06 bits per heavy atom. The molecule has 0 saturated heterocycles. The molecule has 86 valence electrons. The van der Waals surface area contributed by atoms with Gasteiger partial charge in [-0.05, 0) is 18.6 Å². The molecule has 1 aliphatic rings. The summed E-state index contributed by atoms with van der Waals surface area (Å²) in [6.07, 6.45) is 0.203. The number of para-hydroxylation sites is 1. The van der Waals surface area contributed by atoms with E-state index in [1.165, 1.54) is 5.56 Å². The van der Waals surface area contributed by atoms with Crippen LogP contribution in [0.4, 0.5) is 5.69 Å². The Morgan fingerprint density at radius 2 is 2.38 bits per heavy atom. The number of fused-ring (bicyclic) bond motifs is 1. The third-order valence-corrected chi connectivity index (χ3v) is 2.66. The first kappa shape index (κ1) is 11.0. The smallest absolute Gasteiger partial charge is 0.242 e. The summed E-state index contributed by atoms with van der Waals surface area (Å²) in [5, 5.41) is 15.0. The van der Waals surface area contributed by atoms with Crippen LogP contribution in [0, 0.1) is 0 Å². The fourth-order valence-corrected chi connectivity index (χ4v) is 1.83. The number of hydrogen-bond acceptors (Lipinski definition) is 3. The van der Waals surface area contributed by atoms with Crippen molar-refractivity contribution in [1.29, 1.82) is 0 Å². The van der Waals surface area contributed by atoms with Crippen molar-refractivity contribution in [1.82, 2.24) is 5.32 Å². The zero-order valence-corrected chi connectivity index (χ0v) is 9.23. The van der Waals surface area contributed by atoms with Gasteiger partial charge in [0.1, 0.15) is 6.04 Å². The molecule has 0 spiro atoms. The second-order valence-corrected chi connectivity index (χ2v) is 4.15. The molecule has 1 heterocycles. The molecular weight excluding hydrogens is 204 g/mol. The number of amides is 1. The minimum atomic E-state index is -0.507. The van der Waals surface area contributed by atoms with E-state index in [0.29, 0.717) is 13.0 Å². The Hall–Kier alpha value is -1.55. The third kappa shape index (κ3) is 2.33. The second-order valence-electron chi connectivity index (χ2n) is 4.15. The molecule has 0 aromatic heterocycles. The van der Waals surface area contributed by atoms with E-state index < -0.39 is 6.10 Å². The van der Waals surface area contributed by atoms with Crippen molar-refractivity contribution in [2.75, 3.05) is 11.9 Å². The number of nitrogens with one attached hydrogen (secondary N) is 2. The lowest BCUT2D eigenvalue weighted by Crippen LogP contribution is -2.41. The Kier molecular flexibility index (Phi) is 3.10. The van der Waals surface area contributed by atoms with Gasteiger partial charge in [0.15, 0.2) is 0 Å². The summed E-state index contributed by atoms with van der Waals surface area (Å²) in [6.45, 7) is 1.95. The van der Waals surface area contributed by atoms with Crippen molar-refractivity contribution < 1.29 is 9.90 Å². The number of anilines is 1. The van der Waals surface area contributed by atoms with Gasteiger partial charge in [0.05, 0.1) is 6.10 Å². The third-order valence-electron chi connectivity index (χ3n) is 2.66. The van der Waals surface area contributed by atoms with Crippen LogP contribution >= 0.6 is 0 Å². The average molecular weight is 220 g/mol. The lowest BCUT2D eigenvalue weighted by atomic mass is 10.1. The summed E-state index contributed by atoms with van der Waals surface area (Å²) in [5.74, 6) is -0.0582.